The average Bonchev–Trinajstić information content (AvgIpc) is 2.93. The molecule has 4 rings (SSSR count). The van der Waals surface area contributed by atoms with E-state index in [0.29, 0.717) is 56.4 Å². The third-order valence-corrected chi connectivity index (χ3v) is 7.96. The highest BCUT2D eigenvalue weighted by Crippen LogP contribution is 2.37. The van der Waals surface area contributed by atoms with Crippen LogP contribution in [0.15, 0.2) is 74.4 Å². The maximum absolute atomic E-state index is 14.1. The van der Waals surface area contributed by atoms with Gasteiger partial charge in [-0.05, 0) is 71.6 Å². The van der Waals surface area contributed by atoms with Gasteiger partial charge in [-0.2, -0.15) is 0 Å². The molecule has 7 nitrogen and oxygen atoms in total. The SMILES string of the molecule is COc1cc(OC)c(Br)c(-n2c(C(C)N(CCC(C)C)C(=O)c3ccc(Br)cc3)nc3ccccc3c2=O)c1. The Hall–Kier alpha value is -3.17. The summed E-state index contributed by atoms with van der Waals surface area (Å²) in [6.45, 7) is 6.65. The van der Waals surface area contributed by atoms with Crippen LogP contribution in [0.25, 0.3) is 16.6 Å². The standard InChI is InChI=1S/C30H31Br2N3O4/c1-18(2)14-15-34(29(36)20-10-12-21(31)13-11-20)19(3)28-33-24-9-7-6-8-23(24)30(37)35(28)25-16-22(38-4)17-26(39-5)27(25)32/h6-13,16-19H,14-15H2,1-5H3. The van der Waals surface area contributed by atoms with Crippen molar-refractivity contribution in [2.24, 2.45) is 5.92 Å². The Kier molecular flexibility index (Phi) is 9.12. The monoisotopic (exact) mass is 655 g/mol. The lowest BCUT2D eigenvalue weighted by molar-refractivity contribution is 0.0671. The van der Waals surface area contributed by atoms with E-state index in [9.17, 15) is 9.59 Å². The van der Waals surface area contributed by atoms with E-state index in [-0.39, 0.29) is 11.5 Å². The summed E-state index contributed by atoms with van der Waals surface area (Å²) in [5.41, 5.74) is 1.38. The summed E-state index contributed by atoms with van der Waals surface area (Å²) in [7, 11) is 3.11. The number of fused-ring (bicyclic) bond motifs is 1. The molecule has 1 aromatic heterocycles. The minimum absolute atomic E-state index is 0.133. The van der Waals surface area contributed by atoms with E-state index in [1.165, 1.54) is 0 Å². The lowest BCUT2D eigenvalue weighted by Gasteiger charge is -2.31. The van der Waals surface area contributed by atoms with Gasteiger partial charge in [0, 0.05) is 28.7 Å². The number of aromatic nitrogens is 2. The molecule has 0 saturated carbocycles. The number of ether oxygens (including phenoxy) is 2. The van der Waals surface area contributed by atoms with E-state index in [4.69, 9.17) is 14.5 Å². The molecule has 1 unspecified atom stereocenters. The summed E-state index contributed by atoms with van der Waals surface area (Å²) in [5, 5.41) is 0.468. The first-order valence-electron chi connectivity index (χ1n) is 12.7. The second kappa shape index (κ2) is 12.3. The van der Waals surface area contributed by atoms with Crippen molar-refractivity contribution < 1.29 is 14.3 Å². The molecule has 3 aromatic carbocycles. The Morgan fingerprint density at radius 1 is 1.00 bits per heavy atom. The number of halogens is 2. The summed E-state index contributed by atoms with van der Waals surface area (Å²) in [6, 6.07) is 17.5. The molecule has 0 aliphatic carbocycles. The van der Waals surface area contributed by atoms with Gasteiger partial charge in [0.25, 0.3) is 11.5 Å². The van der Waals surface area contributed by atoms with Crippen LogP contribution in [-0.2, 0) is 0 Å². The van der Waals surface area contributed by atoms with Crippen molar-refractivity contribution in [3.63, 3.8) is 0 Å². The molecule has 1 heterocycles. The van der Waals surface area contributed by atoms with Crippen LogP contribution < -0.4 is 15.0 Å². The number of carbonyl (C=O) groups is 1. The van der Waals surface area contributed by atoms with Crippen LogP contribution in [0.3, 0.4) is 0 Å². The van der Waals surface area contributed by atoms with Crippen LogP contribution in [-0.4, -0.2) is 41.1 Å². The molecule has 0 aliphatic heterocycles. The van der Waals surface area contributed by atoms with Gasteiger partial charge >= 0.3 is 0 Å². The summed E-state index contributed by atoms with van der Waals surface area (Å²) in [6.07, 6.45) is 0.793. The summed E-state index contributed by atoms with van der Waals surface area (Å²) >= 11 is 7.07. The van der Waals surface area contributed by atoms with Crippen LogP contribution in [0, 0.1) is 5.92 Å². The zero-order chi connectivity index (χ0) is 28.3. The Balaban J connectivity index is 1.97. The van der Waals surface area contributed by atoms with Crippen LogP contribution in [0.5, 0.6) is 11.5 Å². The molecule has 0 saturated heterocycles. The fourth-order valence-electron chi connectivity index (χ4n) is 4.42. The summed E-state index contributed by atoms with van der Waals surface area (Å²) in [4.78, 5) is 34.7. The highest BCUT2D eigenvalue weighted by atomic mass is 79.9. The van der Waals surface area contributed by atoms with E-state index in [1.54, 1.807) is 54.0 Å². The number of hydrogen-bond donors (Lipinski definition) is 0. The van der Waals surface area contributed by atoms with Gasteiger partial charge in [0.1, 0.15) is 17.3 Å². The molecule has 39 heavy (non-hydrogen) atoms. The Morgan fingerprint density at radius 3 is 2.33 bits per heavy atom. The van der Waals surface area contributed by atoms with Crippen molar-refractivity contribution >= 4 is 48.7 Å². The van der Waals surface area contributed by atoms with Gasteiger partial charge in [0.2, 0.25) is 0 Å². The van der Waals surface area contributed by atoms with Gasteiger partial charge in [-0.3, -0.25) is 14.2 Å². The highest BCUT2D eigenvalue weighted by molar-refractivity contribution is 9.11. The van der Waals surface area contributed by atoms with Crippen LogP contribution in [0.2, 0.25) is 0 Å². The van der Waals surface area contributed by atoms with Crippen LogP contribution in [0.1, 0.15) is 49.4 Å². The molecule has 0 bridgehead atoms. The molecule has 1 atom stereocenters. The lowest BCUT2D eigenvalue weighted by Crippen LogP contribution is -2.38. The predicted molar refractivity (Wildman–Crippen MR) is 161 cm³/mol. The minimum atomic E-state index is -0.540. The van der Waals surface area contributed by atoms with Crippen molar-refractivity contribution in [2.75, 3.05) is 20.8 Å². The fraction of sp³-hybridized carbons (Fsp3) is 0.300. The third-order valence-electron chi connectivity index (χ3n) is 6.63. The van der Waals surface area contributed by atoms with Crippen molar-refractivity contribution in [3.05, 3.63) is 91.4 Å². The molecule has 1 amide bonds. The highest BCUT2D eigenvalue weighted by Gasteiger charge is 2.29. The molecular formula is C30H31Br2N3O4. The summed E-state index contributed by atoms with van der Waals surface area (Å²) in [5.74, 6) is 1.70. The van der Waals surface area contributed by atoms with E-state index in [2.05, 4.69) is 45.7 Å². The molecule has 0 fully saturated rings. The van der Waals surface area contributed by atoms with Gasteiger partial charge in [-0.25, -0.2) is 4.98 Å². The lowest BCUT2D eigenvalue weighted by atomic mass is 10.1. The van der Waals surface area contributed by atoms with Crippen LogP contribution >= 0.6 is 31.9 Å². The van der Waals surface area contributed by atoms with Gasteiger partial charge < -0.3 is 14.4 Å². The number of nitrogens with zero attached hydrogens (tertiary/aromatic N) is 3. The quantitative estimate of drug-likeness (QED) is 0.191. The van der Waals surface area contributed by atoms with E-state index in [0.717, 1.165) is 10.9 Å². The van der Waals surface area contributed by atoms with Gasteiger partial charge in [0.15, 0.2) is 0 Å². The Labute approximate surface area is 245 Å². The molecule has 0 N–H and O–H groups in total. The molecule has 0 spiro atoms. The number of hydrogen-bond acceptors (Lipinski definition) is 5. The number of amides is 1. The first kappa shape index (κ1) is 28.8. The van der Waals surface area contributed by atoms with E-state index in [1.807, 2.05) is 37.3 Å². The number of rotatable bonds is 9. The number of methoxy groups -OCH3 is 2. The second-order valence-electron chi connectivity index (χ2n) is 9.65. The van der Waals surface area contributed by atoms with Crippen molar-refractivity contribution in [3.8, 4) is 17.2 Å². The number of para-hydroxylation sites is 1. The van der Waals surface area contributed by atoms with Gasteiger partial charge in [0.05, 0.1) is 41.3 Å². The third kappa shape index (κ3) is 6.04. The first-order chi connectivity index (χ1) is 18.7. The predicted octanol–water partition coefficient (Wildman–Crippen LogP) is 7.18. The largest absolute Gasteiger partial charge is 0.497 e. The zero-order valence-electron chi connectivity index (χ0n) is 22.6. The zero-order valence-corrected chi connectivity index (χ0v) is 25.7. The van der Waals surface area contributed by atoms with Crippen LogP contribution in [0.4, 0.5) is 0 Å². The van der Waals surface area contributed by atoms with Gasteiger partial charge in [-0.1, -0.05) is 41.9 Å². The van der Waals surface area contributed by atoms with E-state index < -0.39 is 6.04 Å². The molecule has 0 radical (unpaired) electrons. The molecule has 9 heteroatoms. The Morgan fingerprint density at radius 2 is 1.69 bits per heavy atom. The maximum atomic E-state index is 14.1. The maximum Gasteiger partial charge on any atom is 0.266 e. The smallest absolute Gasteiger partial charge is 0.266 e. The number of benzene rings is 3. The van der Waals surface area contributed by atoms with Crippen molar-refractivity contribution in [1.82, 2.24) is 14.5 Å². The second-order valence-corrected chi connectivity index (χ2v) is 11.4. The normalized spacial score (nSPS) is 12.0. The minimum Gasteiger partial charge on any atom is -0.497 e. The molecule has 4 aromatic rings. The van der Waals surface area contributed by atoms with Gasteiger partial charge in [-0.15, -0.1) is 0 Å². The van der Waals surface area contributed by atoms with Crippen molar-refractivity contribution in [2.45, 2.75) is 33.2 Å². The topological polar surface area (TPSA) is 73.7 Å². The first-order valence-corrected chi connectivity index (χ1v) is 14.2. The Bertz CT molecular complexity index is 1550. The molecular weight excluding hydrogens is 626 g/mol. The fourth-order valence-corrected chi connectivity index (χ4v) is 5.25. The van der Waals surface area contributed by atoms with Crippen molar-refractivity contribution in [1.29, 1.82) is 0 Å². The van der Waals surface area contributed by atoms with E-state index >= 15 is 0 Å². The number of carbonyl (C=O) groups excluding carboxylic acids is 1. The summed E-state index contributed by atoms with van der Waals surface area (Å²) < 4.78 is 14.1. The molecule has 0 aliphatic rings. The molecule has 204 valence electrons. The average molecular weight is 657 g/mol.